The summed E-state index contributed by atoms with van der Waals surface area (Å²) in [7, 11) is 1.69. The van der Waals surface area contributed by atoms with Crippen LogP contribution in [0.5, 0.6) is 5.75 Å². The van der Waals surface area contributed by atoms with Gasteiger partial charge >= 0.3 is 0 Å². The minimum atomic E-state index is -0.371. The van der Waals surface area contributed by atoms with Crippen LogP contribution in [0.25, 0.3) is 0 Å². The number of fused-ring (bicyclic) bond motifs is 8. The first-order chi connectivity index (χ1) is 18.4. The summed E-state index contributed by atoms with van der Waals surface area (Å²) in [5, 5.41) is 0. The number of ether oxygens (including phenoxy) is 1. The summed E-state index contributed by atoms with van der Waals surface area (Å²) in [4.78, 5) is 42.5. The predicted octanol–water partition coefficient (Wildman–Crippen LogP) is 6.12. The number of hydrogen-bond donors (Lipinski definition) is 0. The Bertz CT molecular complexity index is 1260. The smallest absolute Gasteiger partial charge is 0.140 e. The molecule has 0 radical (unpaired) electrons. The van der Waals surface area contributed by atoms with E-state index >= 15 is 0 Å². The maximum atomic E-state index is 14.7. The second kappa shape index (κ2) is 7.70. The van der Waals surface area contributed by atoms with Gasteiger partial charge < -0.3 is 4.74 Å². The van der Waals surface area contributed by atoms with Gasteiger partial charge in [0.2, 0.25) is 0 Å². The van der Waals surface area contributed by atoms with Crippen LogP contribution >= 0.6 is 0 Å². The zero-order valence-electron chi connectivity index (χ0n) is 22.8. The molecule has 0 aromatic heterocycles. The Hall–Kier alpha value is -2.23. The lowest BCUT2D eigenvalue weighted by atomic mass is 9.52. The maximum Gasteiger partial charge on any atom is 0.140 e. The van der Waals surface area contributed by atoms with E-state index in [1.165, 1.54) is 12.0 Å². The van der Waals surface area contributed by atoms with Gasteiger partial charge in [-0.05, 0) is 77.9 Å². The molecule has 6 saturated carbocycles. The number of ketones is 3. The lowest BCUT2D eigenvalue weighted by Gasteiger charge is -2.51. The SMILES string of the molecule is COc1ccc([C@]23C=C[C@@]4(CCCC[C@]24C)[C@H]2[C@@H]4C(=O)[C@@H]5[C@@H](CC(=O)C6CCCC[C@@H]65)[C@@H]4CC(=O)[C@H]23)cc1. The first-order valence-electron chi connectivity index (χ1n) is 15.3. The average Bonchev–Trinajstić information content (AvgIpc) is 3.45. The van der Waals surface area contributed by atoms with Gasteiger partial charge in [0.15, 0.2) is 0 Å². The highest BCUT2D eigenvalue weighted by atomic mass is 16.5. The zero-order valence-corrected chi connectivity index (χ0v) is 22.8. The molecule has 4 nitrogen and oxygen atoms in total. The molecular weight excluding hydrogens is 472 g/mol. The lowest BCUT2D eigenvalue weighted by molar-refractivity contribution is -0.139. The van der Waals surface area contributed by atoms with E-state index in [2.05, 4.69) is 31.2 Å². The van der Waals surface area contributed by atoms with Crippen LogP contribution in [0, 0.1) is 58.2 Å². The number of benzene rings is 1. The maximum absolute atomic E-state index is 14.7. The molecule has 4 heteroatoms. The fourth-order valence-electron chi connectivity index (χ4n) is 12.3. The van der Waals surface area contributed by atoms with E-state index in [4.69, 9.17) is 4.74 Å². The Kier molecular flexibility index (Phi) is 4.79. The molecule has 0 amide bonds. The summed E-state index contributed by atoms with van der Waals surface area (Å²) < 4.78 is 5.49. The van der Waals surface area contributed by atoms with Crippen molar-refractivity contribution in [1.82, 2.24) is 0 Å². The fourth-order valence-corrected chi connectivity index (χ4v) is 12.3. The molecule has 0 saturated heterocycles. The fraction of sp³-hybridized carbons (Fsp3) is 0.676. The molecular formula is C34H40O4. The van der Waals surface area contributed by atoms with Gasteiger partial charge in [-0.15, -0.1) is 0 Å². The van der Waals surface area contributed by atoms with Gasteiger partial charge in [-0.2, -0.15) is 0 Å². The van der Waals surface area contributed by atoms with Crippen LogP contribution in [0.3, 0.4) is 0 Å². The highest BCUT2D eigenvalue weighted by Crippen LogP contribution is 2.81. The molecule has 2 bridgehead atoms. The van der Waals surface area contributed by atoms with Crippen molar-refractivity contribution in [3.63, 3.8) is 0 Å². The molecule has 38 heavy (non-hydrogen) atoms. The van der Waals surface area contributed by atoms with Crippen molar-refractivity contribution in [3.05, 3.63) is 42.0 Å². The third-order valence-corrected chi connectivity index (χ3v) is 13.5. The van der Waals surface area contributed by atoms with Crippen LogP contribution in [0.15, 0.2) is 36.4 Å². The van der Waals surface area contributed by atoms with Crippen molar-refractivity contribution in [3.8, 4) is 5.75 Å². The van der Waals surface area contributed by atoms with Crippen LogP contribution in [0.2, 0.25) is 0 Å². The first-order valence-corrected chi connectivity index (χ1v) is 15.3. The minimum Gasteiger partial charge on any atom is -0.497 e. The number of carbonyl (C=O) groups is 3. The van der Waals surface area contributed by atoms with Crippen molar-refractivity contribution in [1.29, 1.82) is 0 Å². The summed E-state index contributed by atoms with van der Waals surface area (Å²) >= 11 is 0. The van der Waals surface area contributed by atoms with Gasteiger partial charge in [-0.1, -0.05) is 56.9 Å². The second-order valence-electron chi connectivity index (χ2n) is 14.2. The number of Topliss-reactive ketones (excluding diaryl/α,β-unsaturated/α-hetero) is 3. The van der Waals surface area contributed by atoms with Crippen LogP contribution in [-0.2, 0) is 19.8 Å². The normalized spacial score (nSPS) is 50.2. The van der Waals surface area contributed by atoms with Crippen molar-refractivity contribution in [2.75, 3.05) is 7.11 Å². The van der Waals surface area contributed by atoms with Crippen molar-refractivity contribution >= 4 is 17.3 Å². The molecule has 0 spiro atoms. The van der Waals surface area contributed by atoms with Crippen LogP contribution in [0.1, 0.15) is 76.7 Å². The van der Waals surface area contributed by atoms with E-state index in [1.54, 1.807) is 7.11 Å². The summed E-state index contributed by atoms with van der Waals surface area (Å²) in [5.74, 6) is 2.36. The number of hydrogen-bond acceptors (Lipinski definition) is 4. The third kappa shape index (κ3) is 2.49. The first kappa shape index (κ1) is 23.6. The molecule has 8 rings (SSSR count). The number of rotatable bonds is 2. The number of methoxy groups -OCH3 is 1. The van der Waals surface area contributed by atoms with E-state index in [0.29, 0.717) is 30.2 Å². The Labute approximate surface area is 226 Å². The monoisotopic (exact) mass is 512 g/mol. The standard InChI is InChI=1S/C34H40O4/c1-32-13-5-6-14-33(32)15-16-34(32,19-9-11-20(38-2)12-10-19)29-26(36)18-24-23-17-25(35)21-7-3-4-8-22(21)27(23)31(37)28(24)30(29)33/h9-12,15-16,21-24,27-30H,3-8,13-14,17-18H2,1-2H3/t21?,22-,23-,24-,27-,28+,29+,30-,32-,33-,34-/m0/s1. The van der Waals surface area contributed by atoms with Crippen LogP contribution in [0.4, 0.5) is 0 Å². The van der Waals surface area contributed by atoms with Crippen LogP contribution < -0.4 is 4.74 Å². The quantitative estimate of drug-likeness (QED) is 0.448. The van der Waals surface area contributed by atoms with Crippen molar-refractivity contribution in [2.45, 2.75) is 76.5 Å². The minimum absolute atomic E-state index is 0.00541. The number of allylic oxidation sites excluding steroid dienone is 2. The van der Waals surface area contributed by atoms with Gasteiger partial charge in [-0.25, -0.2) is 0 Å². The van der Waals surface area contributed by atoms with Crippen molar-refractivity contribution in [2.24, 2.45) is 58.2 Å². The summed E-state index contributed by atoms with van der Waals surface area (Å²) in [6.07, 6.45) is 14.7. The average molecular weight is 513 g/mol. The summed E-state index contributed by atoms with van der Waals surface area (Å²) in [6.45, 7) is 2.45. The number of carbonyl (C=O) groups excluding carboxylic acids is 3. The van der Waals surface area contributed by atoms with E-state index in [9.17, 15) is 14.4 Å². The predicted molar refractivity (Wildman–Crippen MR) is 143 cm³/mol. The molecule has 0 N–H and O–H groups in total. The molecule has 1 unspecified atom stereocenters. The lowest BCUT2D eigenvalue weighted by Crippen LogP contribution is -2.50. The molecule has 1 aromatic carbocycles. The second-order valence-corrected chi connectivity index (χ2v) is 14.2. The van der Waals surface area contributed by atoms with Gasteiger partial charge in [0.05, 0.1) is 7.11 Å². The molecule has 7 aliphatic rings. The Morgan fingerprint density at radius 2 is 1.50 bits per heavy atom. The Morgan fingerprint density at radius 3 is 2.29 bits per heavy atom. The Morgan fingerprint density at radius 1 is 0.789 bits per heavy atom. The molecule has 0 heterocycles. The molecule has 6 fully saturated rings. The third-order valence-electron chi connectivity index (χ3n) is 13.5. The van der Waals surface area contributed by atoms with Gasteiger partial charge in [0, 0.05) is 41.9 Å². The topological polar surface area (TPSA) is 60.4 Å². The van der Waals surface area contributed by atoms with Crippen LogP contribution in [-0.4, -0.2) is 24.5 Å². The summed E-state index contributed by atoms with van der Waals surface area (Å²) in [6, 6.07) is 8.44. The highest BCUT2D eigenvalue weighted by molar-refractivity contribution is 5.97. The largest absolute Gasteiger partial charge is 0.497 e. The van der Waals surface area contributed by atoms with E-state index in [1.807, 2.05) is 12.1 Å². The summed E-state index contributed by atoms with van der Waals surface area (Å²) in [5.41, 5.74) is 0.646. The molecule has 11 atom stereocenters. The van der Waals surface area contributed by atoms with E-state index in [-0.39, 0.29) is 63.6 Å². The molecule has 1 aromatic rings. The van der Waals surface area contributed by atoms with E-state index in [0.717, 1.165) is 50.7 Å². The van der Waals surface area contributed by atoms with E-state index < -0.39 is 0 Å². The molecule has 7 aliphatic carbocycles. The van der Waals surface area contributed by atoms with Gasteiger partial charge in [0.1, 0.15) is 23.1 Å². The van der Waals surface area contributed by atoms with Gasteiger partial charge in [-0.3, -0.25) is 14.4 Å². The van der Waals surface area contributed by atoms with Crippen molar-refractivity contribution < 1.29 is 19.1 Å². The zero-order chi connectivity index (χ0) is 26.0. The van der Waals surface area contributed by atoms with Gasteiger partial charge in [0.25, 0.3) is 0 Å². The molecule has 0 aliphatic heterocycles. The Balaban J connectivity index is 1.29. The molecule has 200 valence electrons. The highest BCUT2D eigenvalue weighted by Gasteiger charge is 2.81.